The topological polar surface area (TPSA) is 52.7 Å². The maximum atomic E-state index is 12.3. The van der Waals surface area contributed by atoms with Crippen molar-refractivity contribution in [2.75, 3.05) is 45.0 Å². The van der Waals surface area contributed by atoms with E-state index in [0.29, 0.717) is 25.7 Å². The third kappa shape index (κ3) is 4.41. The molecule has 0 aliphatic carbocycles. The van der Waals surface area contributed by atoms with Gasteiger partial charge in [0.1, 0.15) is 0 Å². The first kappa shape index (κ1) is 16.2. The van der Waals surface area contributed by atoms with Crippen LogP contribution in [-0.2, 0) is 10.0 Å². The van der Waals surface area contributed by atoms with Crippen LogP contribution in [0.3, 0.4) is 0 Å². The Bertz CT molecular complexity index is 380. The third-order valence-corrected chi connectivity index (χ3v) is 6.23. The summed E-state index contributed by atoms with van der Waals surface area (Å²) in [6.07, 6.45) is 5.91. The summed E-state index contributed by atoms with van der Waals surface area (Å²) in [4.78, 5) is 2.49. The van der Waals surface area contributed by atoms with Gasteiger partial charge in [0, 0.05) is 25.7 Å². The molecule has 0 amide bonds. The molecule has 1 unspecified atom stereocenters. The molecule has 2 saturated heterocycles. The van der Waals surface area contributed by atoms with Gasteiger partial charge in [-0.15, -0.1) is 0 Å². The molecule has 0 aromatic rings. The van der Waals surface area contributed by atoms with Crippen LogP contribution in [-0.4, -0.2) is 68.7 Å². The van der Waals surface area contributed by atoms with Crippen LogP contribution in [0.1, 0.15) is 39.0 Å². The Kier molecular flexibility index (Phi) is 6.26. The van der Waals surface area contributed by atoms with E-state index < -0.39 is 10.0 Å². The van der Waals surface area contributed by atoms with Crippen molar-refractivity contribution in [2.45, 2.75) is 45.1 Å². The van der Waals surface area contributed by atoms with Crippen LogP contribution in [0.5, 0.6) is 0 Å². The maximum absolute atomic E-state index is 12.3. The highest BCUT2D eigenvalue weighted by Crippen LogP contribution is 2.22. The largest absolute Gasteiger partial charge is 0.316 e. The van der Waals surface area contributed by atoms with Crippen molar-refractivity contribution in [1.82, 2.24) is 14.5 Å². The fraction of sp³-hybridized carbons (Fsp3) is 1.00. The van der Waals surface area contributed by atoms with E-state index in [2.05, 4.69) is 17.1 Å². The molecule has 0 saturated carbocycles. The van der Waals surface area contributed by atoms with Crippen molar-refractivity contribution in [2.24, 2.45) is 0 Å². The molecular formula is C14H29N3O2S. The molecule has 0 bridgehead atoms. The summed E-state index contributed by atoms with van der Waals surface area (Å²) >= 11 is 0. The number of piperidine rings is 1. The van der Waals surface area contributed by atoms with Gasteiger partial charge in [-0.25, -0.2) is 12.7 Å². The predicted molar refractivity (Wildman–Crippen MR) is 82.3 cm³/mol. The Hall–Kier alpha value is -0.170. The van der Waals surface area contributed by atoms with E-state index in [9.17, 15) is 8.42 Å². The van der Waals surface area contributed by atoms with Crippen LogP contribution in [0.15, 0.2) is 0 Å². The fourth-order valence-electron chi connectivity index (χ4n) is 3.18. The van der Waals surface area contributed by atoms with Crippen LogP contribution < -0.4 is 5.32 Å². The van der Waals surface area contributed by atoms with Crippen molar-refractivity contribution in [3.63, 3.8) is 0 Å². The lowest BCUT2D eigenvalue weighted by Crippen LogP contribution is -2.42. The number of hydrogen-bond acceptors (Lipinski definition) is 4. The Morgan fingerprint density at radius 1 is 1.10 bits per heavy atom. The van der Waals surface area contributed by atoms with Crippen molar-refractivity contribution in [1.29, 1.82) is 0 Å². The van der Waals surface area contributed by atoms with Crippen molar-refractivity contribution < 1.29 is 8.42 Å². The second-order valence-electron chi connectivity index (χ2n) is 5.96. The number of rotatable bonds is 7. The van der Waals surface area contributed by atoms with Crippen LogP contribution in [0, 0.1) is 0 Å². The smallest absolute Gasteiger partial charge is 0.215 e. The summed E-state index contributed by atoms with van der Waals surface area (Å²) in [7, 11) is -3.07. The van der Waals surface area contributed by atoms with Gasteiger partial charge in [-0.3, -0.25) is 4.90 Å². The Balaban J connectivity index is 1.78. The van der Waals surface area contributed by atoms with Gasteiger partial charge in [0.15, 0.2) is 0 Å². The SMILES string of the molecule is CCCNCCS(=O)(=O)N1CCC(N2CCCCC2)C1. The van der Waals surface area contributed by atoms with E-state index >= 15 is 0 Å². The molecule has 0 radical (unpaired) electrons. The molecular weight excluding hydrogens is 274 g/mol. The van der Waals surface area contributed by atoms with Crippen LogP contribution in [0.25, 0.3) is 0 Å². The molecule has 0 spiro atoms. The monoisotopic (exact) mass is 303 g/mol. The molecule has 2 heterocycles. The average Bonchev–Trinajstić information content (AvgIpc) is 2.95. The molecule has 118 valence electrons. The van der Waals surface area contributed by atoms with Gasteiger partial charge < -0.3 is 5.32 Å². The number of nitrogens with one attached hydrogen (secondary N) is 1. The highest BCUT2D eigenvalue weighted by molar-refractivity contribution is 7.89. The number of hydrogen-bond donors (Lipinski definition) is 1. The summed E-state index contributed by atoms with van der Waals surface area (Å²) in [6, 6.07) is 0.452. The van der Waals surface area contributed by atoms with Gasteiger partial charge in [0.05, 0.1) is 5.75 Å². The predicted octanol–water partition coefficient (Wildman–Crippen LogP) is 0.876. The summed E-state index contributed by atoms with van der Waals surface area (Å²) in [5.74, 6) is 0.236. The normalized spacial score (nSPS) is 26.1. The number of nitrogens with zero attached hydrogens (tertiary/aromatic N) is 2. The Labute approximate surface area is 123 Å². The van der Waals surface area contributed by atoms with Gasteiger partial charge in [0.25, 0.3) is 0 Å². The second kappa shape index (κ2) is 7.73. The zero-order chi connectivity index (χ0) is 14.4. The molecule has 1 atom stereocenters. The Morgan fingerprint density at radius 3 is 2.55 bits per heavy atom. The maximum Gasteiger partial charge on any atom is 0.215 e. The van der Waals surface area contributed by atoms with Crippen LogP contribution in [0.4, 0.5) is 0 Å². The van der Waals surface area contributed by atoms with Crippen molar-refractivity contribution >= 4 is 10.0 Å². The third-order valence-electron chi connectivity index (χ3n) is 4.39. The molecule has 0 aromatic carbocycles. The van der Waals surface area contributed by atoms with Crippen molar-refractivity contribution in [3.05, 3.63) is 0 Å². The molecule has 2 rings (SSSR count). The average molecular weight is 303 g/mol. The fourth-order valence-corrected chi connectivity index (χ4v) is 4.62. The summed E-state index contributed by atoms with van der Waals surface area (Å²) in [6.45, 7) is 7.26. The highest BCUT2D eigenvalue weighted by atomic mass is 32.2. The summed E-state index contributed by atoms with van der Waals surface area (Å²) < 4.78 is 26.3. The van der Waals surface area contributed by atoms with E-state index in [1.165, 1.54) is 19.3 Å². The van der Waals surface area contributed by atoms with E-state index in [1.54, 1.807) is 4.31 Å². The number of likely N-dealkylation sites (tertiary alicyclic amines) is 1. The van der Waals surface area contributed by atoms with E-state index in [4.69, 9.17) is 0 Å². The quantitative estimate of drug-likeness (QED) is 0.709. The van der Waals surface area contributed by atoms with Gasteiger partial charge in [-0.2, -0.15) is 0 Å². The summed E-state index contributed by atoms with van der Waals surface area (Å²) in [5, 5.41) is 3.17. The molecule has 2 aliphatic heterocycles. The first-order valence-corrected chi connectivity index (χ1v) is 9.67. The zero-order valence-corrected chi connectivity index (χ0v) is 13.5. The minimum atomic E-state index is -3.07. The lowest BCUT2D eigenvalue weighted by Gasteiger charge is -2.32. The Morgan fingerprint density at radius 2 is 1.85 bits per heavy atom. The lowest BCUT2D eigenvalue weighted by molar-refractivity contribution is 0.169. The van der Waals surface area contributed by atoms with E-state index in [0.717, 1.165) is 32.5 Å². The van der Waals surface area contributed by atoms with Gasteiger partial charge in [-0.1, -0.05) is 13.3 Å². The van der Waals surface area contributed by atoms with Gasteiger partial charge in [0.2, 0.25) is 10.0 Å². The molecule has 0 aromatic heterocycles. The van der Waals surface area contributed by atoms with Gasteiger partial charge in [-0.05, 0) is 45.3 Å². The minimum Gasteiger partial charge on any atom is -0.316 e. The van der Waals surface area contributed by atoms with E-state index in [1.807, 2.05) is 0 Å². The molecule has 20 heavy (non-hydrogen) atoms. The molecule has 1 N–H and O–H groups in total. The molecule has 2 aliphatic rings. The first-order valence-electron chi connectivity index (χ1n) is 8.06. The minimum absolute atomic E-state index is 0.236. The zero-order valence-electron chi connectivity index (χ0n) is 12.7. The van der Waals surface area contributed by atoms with Crippen LogP contribution >= 0.6 is 0 Å². The second-order valence-corrected chi connectivity index (χ2v) is 8.05. The van der Waals surface area contributed by atoms with E-state index in [-0.39, 0.29) is 5.75 Å². The van der Waals surface area contributed by atoms with Crippen molar-refractivity contribution in [3.8, 4) is 0 Å². The van der Waals surface area contributed by atoms with Gasteiger partial charge >= 0.3 is 0 Å². The lowest BCUT2D eigenvalue weighted by atomic mass is 10.1. The molecule has 6 heteroatoms. The molecule has 2 fully saturated rings. The first-order chi connectivity index (χ1) is 9.63. The van der Waals surface area contributed by atoms with Crippen LogP contribution in [0.2, 0.25) is 0 Å². The number of sulfonamides is 1. The standard InChI is InChI=1S/C14H29N3O2S/c1-2-7-15-8-12-20(18,19)17-11-6-14(13-17)16-9-4-3-5-10-16/h14-15H,2-13H2,1H3. The highest BCUT2D eigenvalue weighted by Gasteiger charge is 2.34. The molecule has 5 nitrogen and oxygen atoms in total. The summed E-state index contributed by atoms with van der Waals surface area (Å²) in [5.41, 5.74) is 0.